The Morgan fingerprint density at radius 3 is 1.80 bits per heavy atom. The summed E-state index contributed by atoms with van der Waals surface area (Å²) >= 11 is 0. The molecule has 1 fully saturated rings. The van der Waals surface area contributed by atoms with Gasteiger partial charge in [0.15, 0.2) is 0 Å². The quantitative estimate of drug-likeness (QED) is 0.639. The van der Waals surface area contributed by atoms with Gasteiger partial charge < -0.3 is 0 Å². The molecule has 1 heteroatoms. The van der Waals surface area contributed by atoms with E-state index < -0.39 is 6.17 Å². The first kappa shape index (κ1) is 13.0. The molecule has 1 aliphatic carbocycles. The first-order valence-electron chi connectivity index (χ1n) is 6.59. The summed E-state index contributed by atoms with van der Waals surface area (Å²) in [6, 6.07) is 0. The Hall–Kier alpha value is -0.0700. The first-order chi connectivity index (χ1) is 6.95. The van der Waals surface area contributed by atoms with Crippen LogP contribution in [0.4, 0.5) is 4.39 Å². The van der Waals surface area contributed by atoms with Crippen molar-refractivity contribution in [1.29, 1.82) is 0 Å². The SMILES string of the molecule is CC(C)C1CCCC(C(C)F)C1C(C)C. The third-order valence-corrected chi connectivity index (χ3v) is 4.28. The van der Waals surface area contributed by atoms with Crippen LogP contribution in [0.1, 0.15) is 53.9 Å². The second-order valence-electron chi connectivity index (χ2n) is 6.00. The number of alkyl halides is 1. The highest BCUT2D eigenvalue weighted by atomic mass is 19.1. The van der Waals surface area contributed by atoms with Crippen molar-refractivity contribution in [2.75, 3.05) is 0 Å². The maximum atomic E-state index is 13.6. The highest BCUT2D eigenvalue weighted by molar-refractivity contribution is 4.87. The third kappa shape index (κ3) is 2.95. The van der Waals surface area contributed by atoms with Crippen molar-refractivity contribution in [2.45, 2.75) is 60.1 Å². The minimum Gasteiger partial charge on any atom is -0.247 e. The van der Waals surface area contributed by atoms with E-state index in [-0.39, 0.29) is 0 Å². The Kier molecular flexibility index (Phi) is 4.61. The lowest BCUT2D eigenvalue weighted by atomic mass is 9.63. The van der Waals surface area contributed by atoms with Gasteiger partial charge in [0, 0.05) is 0 Å². The Morgan fingerprint density at radius 1 is 0.867 bits per heavy atom. The van der Waals surface area contributed by atoms with E-state index in [2.05, 4.69) is 27.7 Å². The Morgan fingerprint density at radius 2 is 1.40 bits per heavy atom. The lowest BCUT2D eigenvalue weighted by Crippen LogP contribution is -2.38. The fraction of sp³-hybridized carbons (Fsp3) is 1.00. The van der Waals surface area contributed by atoms with E-state index in [1.54, 1.807) is 6.92 Å². The zero-order chi connectivity index (χ0) is 11.6. The highest BCUT2D eigenvalue weighted by Gasteiger charge is 2.39. The van der Waals surface area contributed by atoms with Gasteiger partial charge in [-0.2, -0.15) is 0 Å². The van der Waals surface area contributed by atoms with E-state index in [1.165, 1.54) is 12.8 Å². The van der Waals surface area contributed by atoms with Crippen LogP contribution in [0, 0.1) is 29.6 Å². The van der Waals surface area contributed by atoms with E-state index in [9.17, 15) is 4.39 Å². The van der Waals surface area contributed by atoms with Crippen LogP contribution in [0.2, 0.25) is 0 Å². The van der Waals surface area contributed by atoms with Crippen molar-refractivity contribution in [3.8, 4) is 0 Å². The molecule has 0 aromatic rings. The van der Waals surface area contributed by atoms with Crippen molar-refractivity contribution in [1.82, 2.24) is 0 Å². The number of hydrogen-bond donors (Lipinski definition) is 0. The van der Waals surface area contributed by atoms with Gasteiger partial charge in [0.2, 0.25) is 0 Å². The van der Waals surface area contributed by atoms with Crippen LogP contribution in [-0.2, 0) is 0 Å². The van der Waals surface area contributed by atoms with Gasteiger partial charge in [-0.3, -0.25) is 0 Å². The molecular formula is C14H27F. The monoisotopic (exact) mass is 214 g/mol. The van der Waals surface area contributed by atoms with Crippen LogP contribution >= 0.6 is 0 Å². The lowest BCUT2D eigenvalue weighted by molar-refractivity contribution is 0.0298. The summed E-state index contributed by atoms with van der Waals surface area (Å²) in [5, 5.41) is 0. The van der Waals surface area contributed by atoms with Crippen LogP contribution in [0.15, 0.2) is 0 Å². The molecule has 15 heavy (non-hydrogen) atoms. The maximum Gasteiger partial charge on any atom is 0.100 e. The van der Waals surface area contributed by atoms with Crippen molar-refractivity contribution in [3.63, 3.8) is 0 Å². The predicted molar refractivity (Wildman–Crippen MR) is 64.6 cm³/mol. The van der Waals surface area contributed by atoms with Crippen LogP contribution in [0.25, 0.3) is 0 Å². The minimum absolute atomic E-state index is 0.311. The minimum atomic E-state index is -0.626. The van der Waals surface area contributed by atoms with Gasteiger partial charge in [0.05, 0.1) is 0 Å². The number of halogens is 1. The normalized spacial score (nSPS) is 34.8. The van der Waals surface area contributed by atoms with Crippen molar-refractivity contribution < 1.29 is 4.39 Å². The molecular weight excluding hydrogens is 187 g/mol. The largest absolute Gasteiger partial charge is 0.247 e. The van der Waals surface area contributed by atoms with E-state index in [4.69, 9.17) is 0 Å². The third-order valence-electron chi connectivity index (χ3n) is 4.28. The topological polar surface area (TPSA) is 0 Å². The van der Waals surface area contributed by atoms with Gasteiger partial charge in [0.25, 0.3) is 0 Å². The van der Waals surface area contributed by atoms with Crippen LogP contribution in [0.5, 0.6) is 0 Å². The summed E-state index contributed by atoms with van der Waals surface area (Å²) in [5.74, 6) is 2.98. The average Bonchev–Trinajstić information content (AvgIpc) is 2.16. The van der Waals surface area contributed by atoms with Gasteiger partial charge >= 0.3 is 0 Å². The van der Waals surface area contributed by atoms with Crippen molar-refractivity contribution >= 4 is 0 Å². The first-order valence-corrected chi connectivity index (χ1v) is 6.59. The molecule has 0 aliphatic heterocycles. The van der Waals surface area contributed by atoms with Gasteiger partial charge in [0.1, 0.15) is 6.17 Å². The molecule has 0 radical (unpaired) electrons. The van der Waals surface area contributed by atoms with Gasteiger partial charge in [-0.1, -0.05) is 34.1 Å². The molecule has 1 saturated carbocycles. The molecule has 90 valence electrons. The highest BCUT2D eigenvalue weighted by Crippen LogP contribution is 2.44. The summed E-state index contributed by atoms with van der Waals surface area (Å²) in [6.07, 6.45) is 3.01. The molecule has 0 amide bonds. The average molecular weight is 214 g/mol. The fourth-order valence-corrected chi connectivity index (χ4v) is 3.59. The summed E-state index contributed by atoms with van der Waals surface area (Å²) in [7, 11) is 0. The van der Waals surface area contributed by atoms with Crippen molar-refractivity contribution in [2.24, 2.45) is 29.6 Å². The summed E-state index contributed by atoms with van der Waals surface area (Å²) in [4.78, 5) is 0. The molecule has 0 N–H and O–H groups in total. The zero-order valence-electron chi connectivity index (χ0n) is 11.0. The molecule has 0 bridgehead atoms. The molecule has 4 unspecified atom stereocenters. The summed E-state index contributed by atoms with van der Waals surface area (Å²) in [5.41, 5.74) is 0. The smallest absolute Gasteiger partial charge is 0.100 e. The van der Waals surface area contributed by atoms with Crippen LogP contribution in [-0.4, -0.2) is 6.17 Å². The molecule has 0 aromatic heterocycles. The van der Waals surface area contributed by atoms with E-state index >= 15 is 0 Å². The predicted octanol–water partition coefficient (Wildman–Crippen LogP) is 4.69. The Balaban J connectivity index is 2.80. The maximum absolute atomic E-state index is 13.6. The second kappa shape index (κ2) is 5.32. The molecule has 1 rings (SSSR count). The second-order valence-corrected chi connectivity index (χ2v) is 6.00. The Labute approximate surface area is 94.6 Å². The van der Waals surface area contributed by atoms with Gasteiger partial charge in [-0.05, 0) is 49.4 Å². The fourth-order valence-electron chi connectivity index (χ4n) is 3.59. The van der Waals surface area contributed by atoms with E-state index in [0.29, 0.717) is 23.7 Å². The van der Waals surface area contributed by atoms with Crippen molar-refractivity contribution in [3.05, 3.63) is 0 Å². The standard InChI is InChI=1S/C14H27F/c1-9(2)12-7-6-8-13(11(5)15)14(12)10(3)4/h9-14H,6-8H2,1-5H3. The molecule has 4 atom stereocenters. The lowest BCUT2D eigenvalue weighted by Gasteiger charge is -2.43. The van der Waals surface area contributed by atoms with Crippen LogP contribution in [0.3, 0.4) is 0 Å². The molecule has 0 nitrogen and oxygen atoms in total. The summed E-state index contributed by atoms with van der Waals surface area (Å²) in [6.45, 7) is 10.9. The van der Waals surface area contributed by atoms with E-state index in [1.807, 2.05) is 0 Å². The van der Waals surface area contributed by atoms with E-state index in [0.717, 1.165) is 12.3 Å². The summed E-state index contributed by atoms with van der Waals surface area (Å²) < 4.78 is 13.6. The van der Waals surface area contributed by atoms with Gasteiger partial charge in [-0.25, -0.2) is 4.39 Å². The van der Waals surface area contributed by atoms with Gasteiger partial charge in [-0.15, -0.1) is 0 Å². The molecule has 0 spiro atoms. The number of rotatable bonds is 3. The molecule has 1 aliphatic rings. The molecule has 0 aromatic carbocycles. The zero-order valence-corrected chi connectivity index (χ0v) is 11.0. The Bertz CT molecular complexity index is 168. The molecule has 0 heterocycles. The molecule has 0 saturated heterocycles. The number of hydrogen-bond acceptors (Lipinski definition) is 0. The van der Waals surface area contributed by atoms with Crippen LogP contribution < -0.4 is 0 Å².